The third-order valence-electron chi connectivity index (χ3n) is 5.75. The zero-order chi connectivity index (χ0) is 20.7. The average molecular weight is 391 g/mol. The average Bonchev–Trinajstić information content (AvgIpc) is 2.67. The van der Waals surface area contributed by atoms with Gasteiger partial charge in [-0.1, -0.05) is 12.1 Å². The number of allylic oxidation sites excluding steroid dienone is 2. The summed E-state index contributed by atoms with van der Waals surface area (Å²) in [5.41, 5.74) is 5.36. The van der Waals surface area contributed by atoms with Crippen LogP contribution in [-0.4, -0.2) is 23.9 Å². The van der Waals surface area contributed by atoms with Crippen molar-refractivity contribution in [3.63, 3.8) is 0 Å². The Morgan fingerprint density at radius 3 is 2.45 bits per heavy atom. The first-order chi connectivity index (χ1) is 13.9. The molecule has 150 valence electrons. The second-order valence-electron chi connectivity index (χ2n) is 7.90. The number of phenolic OH excluding ortho intramolecular Hbond substituents is 1. The predicted molar refractivity (Wildman–Crippen MR) is 111 cm³/mol. The maximum atomic E-state index is 13.3. The van der Waals surface area contributed by atoms with Crippen LogP contribution in [0.1, 0.15) is 48.3 Å². The molecule has 1 atom stereocenters. The Balaban J connectivity index is 1.87. The number of ketones is 1. The molecule has 5 nitrogen and oxygen atoms in total. The quantitative estimate of drug-likeness (QED) is 0.834. The number of benzene rings is 2. The summed E-state index contributed by atoms with van der Waals surface area (Å²) in [5.74, 6) is 0.157. The lowest BCUT2D eigenvalue weighted by molar-refractivity contribution is -0.119. The molecule has 2 aromatic carbocycles. The van der Waals surface area contributed by atoms with E-state index >= 15 is 0 Å². The summed E-state index contributed by atoms with van der Waals surface area (Å²) < 4.78 is 5.24. The highest BCUT2D eigenvalue weighted by Gasteiger charge is 2.40. The van der Waals surface area contributed by atoms with Crippen molar-refractivity contribution in [3.05, 3.63) is 64.4 Å². The number of nitrogens with zero attached hydrogens (tertiary/aromatic N) is 1. The lowest BCUT2D eigenvalue weighted by atomic mass is 9.77. The SMILES string of the molecule is COc1cc(C2CC(=O)N(c3cc(C)cc(C)c3)C3=C2C(=O)CCC3)ccc1O. The monoisotopic (exact) mass is 391 g/mol. The van der Waals surface area contributed by atoms with Gasteiger partial charge in [-0.2, -0.15) is 0 Å². The van der Waals surface area contributed by atoms with Crippen LogP contribution in [-0.2, 0) is 9.59 Å². The Kier molecular flexibility index (Phi) is 4.91. The van der Waals surface area contributed by atoms with E-state index in [1.807, 2.05) is 26.0 Å². The number of carbonyl (C=O) groups excluding carboxylic acids is 2. The Morgan fingerprint density at radius 2 is 1.76 bits per heavy atom. The number of phenols is 1. The highest BCUT2D eigenvalue weighted by atomic mass is 16.5. The molecule has 1 amide bonds. The molecule has 2 aliphatic rings. The van der Waals surface area contributed by atoms with Crippen molar-refractivity contribution in [1.82, 2.24) is 0 Å². The number of methoxy groups -OCH3 is 1. The Hall–Kier alpha value is -3.08. The molecule has 4 rings (SSSR count). The van der Waals surface area contributed by atoms with Gasteiger partial charge in [0, 0.05) is 35.7 Å². The first-order valence-electron chi connectivity index (χ1n) is 9.93. The molecule has 1 aliphatic heterocycles. The van der Waals surface area contributed by atoms with Crippen LogP contribution in [0.15, 0.2) is 47.7 Å². The number of amides is 1. The van der Waals surface area contributed by atoms with Crippen LogP contribution in [0.4, 0.5) is 5.69 Å². The van der Waals surface area contributed by atoms with E-state index in [0.717, 1.165) is 40.1 Å². The fourth-order valence-corrected chi connectivity index (χ4v) is 4.57. The lowest BCUT2D eigenvalue weighted by Crippen LogP contribution is -2.40. The highest BCUT2D eigenvalue weighted by molar-refractivity contribution is 6.07. The zero-order valence-corrected chi connectivity index (χ0v) is 17.0. The van der Waals surface area contributed by atoms with Gasteiger partial charge in [0.1, 0.15) is 0 Å². The van der Waals surface area contributed by atoms with Gasteiger partial charge in [0.2, 0.25) is 5.91 Å². The van der Waals surface area contributed by atoms with Crippen LogP contribution in [0.3, 0.4) is 0 Å². The topological polar surface area (TPSA) is 66.8 Å². The van der Waals surface area contributed by atoms with Gasteiger partial charge in [-0.15, -0.1) is 0 Å². The van der Waals surface area contributed by atoms with Gasteiger partial charge in [0.25, 0.3) is 0 Å². The van der Waals surface area contributed by atoms with Crippen LogP contribution in [0, 0.1) is 13.8 Å². The first kappa shape index (κ1) is 19.2. The van der Waals surface area contributed by atoms with Crippen LogP contribution in [0.5, 0.6) is 11.5 Å². The Bertz CT molecular complexity index is 1020. The molecule has 5 heteroatoms. The molecule has 2 aromatic rings. The molecule has 1 heterocycles. The molecule has 29 heavy (non-hydrogen) atoms. The number of rotatable bonds is 3. The van der Waals surface area contributed by atoms with E-state index in [1.54, 1.807) is 23.1 Å². The lowest BCUT2D eigenvalue weighted by Gasteiger charge is -2.38. The number of Topliss-reactive ketones (excluding diaryl/α,β-unsaturated/α-hetero) is 1. The van der Waals surface area contributed by atoms with Gasteiger partial charge in [0.05, 0.1) is 7.11 Å². The third kappa shape index (κ3) is 3.41. The van der Waals surface area contributed by atoms with E-state index in [9.17, 15) is 14.7 Å². The number of aromatic hydroxyl groups is 1. The Morgan fingerprint density at radius 1 is 1.03 bits per heavy atom. The van der Waals surface area contributed by atoms with E-state index in [4.69, 9.17) is 4.74 Å². The highest BCUT2D eigenvalue weighted by Crippen LogP contribution is 2.44. The molecule has 1 N–H and O–H groups in total. The predicted octanol–water partition coefficient (Wildman–Crippen LogP) is 4.55. The summed E-state index contributed by atoms with van der Waals surface area (Å²) in [5, 5.41) is 9.93. The van der Waals surface area contributed by atoms with E-state index in [1.165, 1.54) is 7.11 Å². The van der Waals surface area contributed by atoms with Gasteiger partial charge in [-0.05, 0) is 67.6 Å². The second-order valence-corrected chi connectivity index (χ2v) is 7.90. The van der Waals surface area contributed by atoms with Crippen molar-refractivity contribution < 1.29 is 19.4 Å². The minimum atomic E-state index is -0.318. The van der Waals surface area contributed by atoms with Crippen molar-refractivity contribution in [2.24, 2.45) is 0 Å². The van der Waals surface area contributed by atoms with Gasteiger partial charge >= 0.3 is 0 Å². The minimum absolute atomic E-state index is 0.0134. The second kappa shape index (κ2) is 7.39. The van der Waals surface area contributed by atoms with Crippen molar-refractivity contribution in [1.29, 1.82) is 0 Å². The summed E-state index contributed by atoms with van der Waals surface area (Å²) in [6.45, 7) is 4.02. The molecule has 0 fully saturated rings. The largest absolute Gasteiger partial charge is 0.504 e. The molecule has 0 aromatic heterocycles. The van der Waals surface area contributed by atoms with E-state index in [2.05, 4.69) is 6.07 Å². The van der Waals surface area contributed by atoms with Gasteiger partial charge in [-0.3, -0.25) is 14.5 Å². The van der Waals surface area contributed by atoms with Crippen LogP contribution in [0.2, 0.25) is 0 Å². The molecule has 0 bridgehead atoms. The first-order valence-corrected chi connectivity index (χ1v) is 9.93. The van der Waals surface area contributed by atoms with Gasteiger partial charge in [-0.25, -0.2) is 0 Å². The number of hydrogen-bond donors (Lipinski definition) is 1. The molecular formula is C24H25NO4. The van der Waals surface area contributed by atoms with Gasteiger partial charge < -0.3 is 9.84 Å². The maximum Gasteiger partial charge on any atom is 0.232 e. The van der Waals surface area contributed by atoms with E-state index in [0.29, 0.717) is 18.6 Å². The molecule has 0 radical (unpaired) electrons. The number of aryl methyl sites for hydroxylation is 2. The standard InChI is InChI=1S/C24H25NO4/c1-14-9-15(2)11-17(10-14)25-19-5-4-6-21(27)24(19)18(13-23(25)28)16-7-8-20(26)22(12-16)29-3/h7-12,18,26H,4-6,13H2,1-3H3. The van der Waals surface area contributed by atoms with Crippen molar-refractivity contribution in [2.45, 2.75) is 45.4 Å². The molecule has 1 aliphatic carbocycles. The Labute approximate surface area is 170 Å². The third-order valence-corrected chi connectivity index (χ3v) is 5.75. The molecule has 1 unspecified atom stereocenters. The number of carbonyl (C=O) groups is 2. The fraction of sp³-hybridized carbons (Fsp3) is 0.333. The summed E-state index contributed by atoms with van der Waals surface area (Å²) in [7, 11) is 1.49. The van der Waals surface area contributed by atoms with E-state index in [-0.39, 0.29) is 29.8 Å². The minimum Gasteiger partial charge on any atom is -0.504 e. The fourth-order valence-electron chi connectivity index (χ4n) is 4.57. The van der Waals surface area contributed by atoms with Crippen molar-refractivity contribution in [3.8, 4) is 11.5 Å². The smallest absolute Gasteiger partial charge is 0.232 e. The summed E-state index contributed by atoms with van der Waals surface area (Å²) >= 11 is 0. The van der Waals surface area contributed by atoms with Crippen molar-refractivity contribution in [2.75, 3.05) is 12.0 Å². The van der Waals surface area contributed by atoms with Gasteiger partial charge in [0.15, 0.2) is 17.3 Å². The van der Waals surface area contributed by atoms with Crippen molar-refractivity contribution >= 4 is 17.4 Å². The molecular weight excluding hydrogens is 366 g/mol. The molecule has 0 saturated carbocycles. The zero-order valence-electron chi connectivity index (χ0n) is 17.0. The van der Waals surface area contributed by atoms with E-state index < -0.39 is 0 Å². The summed E-state index contributed by atoms with van der Waals surface area (Å²) in [6, 6.07) is 11.1. The summed E-state index contributed by atoms with van der Waals surface area (Å²) in [4.78, 5) is 28.0. The summed E-state index contributed by atoms with van der Waals surface area (Å²) in [6.07, 6.45) is 2.16. The normalized spacial score (nSPS) is 19.4. The van der Waals surface area contributed by atoms with Crippen LogP contribution in [0.25, 0.3) is 0 Å². The van der Waals surface area contributed by atoms with Crippen LogP contribution >= 0.6 is 0 Å². The molecule has 0 saturated heterocycles. The van der Waals surface area contributed by atoms with Crippen LogP contribution < -0.4 is 9.64 Å². The maximum absolute atomic E-state index is 13.3. The number of ether oxygens (including phenoxy) is 1. The number of hydrogen-bond acceptors (Lipinski definition) is 4. The molecule has 0 spiro atoms. The number of anilines is 1.